The van der Waals surface area contributed by atoms with Crippen LogP contribution in [0, 0.1) is 13.8 Å². The Kier molecular flexibility index (Phi) is 9.10. The first-order chi connectivity index (χ1) is 12.1. The fourth-order valence-electron chi connectivity index (χ4n) is 3.44. The molecule has 148 valence electrons. The second-order valence-electron chi connectivity index (χ2n) is 6.83. The summed E-state index contributed by atoms with van der Waals surface area (Å²) in [6.45, 7) is 7.48. The van der Waals surface area contributed by atoms with E-state index < -0.39 is 6.04 Å². The molecule has 2 aromatic carbocycles. The van der Waals surface area contributed by atoms with Gasteiger partial charge in [-0.05, 0) is 43.0 Å². The van der Waals surface area contributed by atoms with Gasteiger partial charge in [-0.15, -0.1) is 24.8 Å². The van der Waals surface area contributed by atoms with Crippen molar-refractivity contribution < 1.29 is 4.79 Å². The van der Waals surface area contributed by atoms with E-state index >= 15 is 0 Å². The Balaban J connectivity index is 0.00000182. The minimum absolute atomic E-state index is 0. The van der Waals surface area contributed by atoms with E-state index in [0.717, 1.165) is 31.7 Å². The van der Waals surface area contributed by atoms with Gasteiger partial charge >= 0.3 is 0 Å². The first-order valence-corrected chi connectivity index (χ1v) is 8.95. The lowest BCUT2D eigenvalue weighted by Crippen LogP contribution is -2.53. The fraction of sp³-hybridized carbons (Fsp3) is 0.381. The molecule has 1 aliphatic heterocycles. The molecule has 1 amide bonds. The highest BCUT2D eigenvalue weighted by Gasteiger charge is 2.26. The number of carbonyl (C=O) groups excluding carboxylic acids is 1. The predicted octanol–water partition coefficient (Wildman–Crippen LogP) is 3.37. The zero-order chi connectivity index (χ0) is 17.8. The number of piperazine rings is 1. The zero-order valence-corrected chi connectivity index (χ0v) is 17.6. The smallest absolute Gasteiger partial charge is 0.239 e. The first-order valence-electron chi connectivity index (χ1n) is 8.95. The number of rotatable bonds is 4. The Morgan fingerprint density at radius 1 is 0.963 bits per heavy atom. The zero-order valence-electron chi connectivity index (χ0n) is 15.9. The van der Waals surface area contributed by atoms with E-state index in [4.69, 9.17) is 5.73 Å². The molecule has 1 aliphatic rings. The highest BCUT2D eigenvalue weighted by Crippen LogP contribution is 2.24. The average Bonchev–Trinajstić information content (AvgIpc) is 2.64. The maximum Gasteiger partial charge on any atom is 0.239 e. The summed E-state index contributed by atoms with van der Waals surface area (Å²) in [6, 6.07) is 15.9. The topological polar surface area (TPSA) is 49.6 Å². The molecule has 27 heavy (non-hydrogen) atoms. The van der Waals surface area contributed by atoms with Crippen molar-refractivity contribution in [2.24, 2.45) is 5.73 Å². The molecule has 1 saturated heterocycles. The Hall–Kier alpha value is -1.75. The lowest BCUT2D eigenvalue weighted by molar-refractivity contribution is -0.132. The summed E-state index contributed by atoms with van der Waals surface area (Å²) in [5.74, 6) is 0.0597. The maximum atomic E-state index is 12.6. The Morgan fingerprint density at radius 2 is 1.59 bits per heavy atom. The molecule has 1 fully saturated rings. The van der Waals surface area contributed by atoms with Gasteiger partial charge in [0.2, 0.25) is 5.91 Å². The van der Waals surface area contributed by atoms with Crippen LogP contribution in [0.15, 0.2) is 48.5 Å². The van der Waals surface area contributed by atoms with Crippen molar-refractivity contribution in [2.75, 3.05) is 31.1 Å². The molecule has 0 bridgehead atoms. The number of nitrogens with two attached hydrogens (primary N) is 1. The summed E-state index contributed by atoms with van der Waals surface area (Å²) in [5.41, 5.74) is 11.2. The third-order valence-corrected chi connectivity index (χ3v) is 5.12. The Bertz CT molecular complexity index is 731. The summed E-state index contributed by atoms with van der Waals surface area (Å²) in [5, 5.41) is 0. The van der Waals surface area contributed by atoms with E-state index in [9.17, 15) is 4.79 Å². The molecule has 3 rings (SSSR count). The minimum atomic E-state index is -0.463. The van der Waals surface area contributed by atoms with E-state index in [0.29, 0.717) is 6.42 Å². The molecular formula is C21H29Cl2N3O. The lowest BCUT2D eigenvalue weighted by atomic mass is 10.0. The van der Waals surface area contributed by atoms with Gasteiger partial charge in [-0.3, -0.25) is 4.79 Å². The van der Waals surface area contributed by atoms with Crippen molar-refractivity contribution in [1.29, 1.82) is 0 Å². The number of anilines is 1. The minimum Gasteiger partial charge on any atom is -0.368 e. The van der Waals surface area contributed by atoms with Crippen molar-refractivity contribution in [3.8, 4) is 0 Å². The maximum absolute atomic E-state index is 12.6. The van der Waals surface area contributed by atoms with Crippen LogP contribution in [-0.2, 0) is 11.2 Å². The van der Waals surface area contributed by atoms with Crippen LogP contribution in [0.1, 0.15) is 16.7 Å². The first kappa shape index (κ1) is 23.3. The van der Waals surface area contributed by atoms with Crippen LogP contribution >= 0.6 is 24.8 Å². The molecular weight excluding hydrogens is 381 g/mol. The summed E-state index contributed by atoms with van der Waals surface area (Å²) in [7, 11) is 0. The van der Waals surface area contributed by atoms with Crippen molar-refractivity contribution in [3.63, 3.8) is 0 Å². The van der Waals surface area contributed by atoms with Crippen LogP contribution < -0.4 is 10.6 Å². The molecule has 0 unspecified atom stereocenters. The van der Waals surface area contributed by atoms with Crippen LogP contribution in [0.4, 0.5) is 5.69 Å². The van der Waals surface area contributed by atoms with E-state index in [-0.39, 0.29) is 30.7 Å². The van der Waals surface area contributed by atoms with Crippen molar-refractivity contribution >= 4 is 36.4 Å². The highest BCUT2D eigenvalue weighted by atomic mass is 35.5. The SMILES string of the molecule is Cc1cccc(N2CCN(C(=O)[C@@H](N)Cc3ccccc3)CC2)c1C.Cl.Cl. The van der Waals surface area contributed by atoms with Crippen LogP contribution in [-0.4, -0.2) is 43.0 Å². The van der Waals surface area contributed by atoms with Crippen LogP contribution in [0.2, 0.25) is 0 Å². The molecule has 0 radical (unpaired) electrons. The molecule has 0 spiro atoms. The molecule has 0 aliphatic carbocycles. The molecule has 6 heteroatoms. The van der Waals surface area contributed by atoms with E-state index in [1.165, 1.54) is 16.8 Å². The monoisotopic (exact) mass is 409 g/mol. The van der Waals surface area contributed by atoms with Crippen molar-refractivity contribution in [1.82, 2.24) is 4.90 Å². The number of amides is 1. The van der Waals surface area contributed by atoms with Gasteiger partial charge in [0.05, 0.1) is 6.04 Å². The van der Waals surface area contributed by atoms with Gasteiger partial charge in [-0.1, -0.05) is 42.5 Å². The van der Waals surface area contributed by atoms with Gasteiger partial charge in [0, 0.05) is 31.9 Å². The average molecular weight is 410 g/mol. The Morgan fingerprint density at radius 3 is 2.22 bits per heavy atom. The Labute approximate surface area is 174 Å². The third kappa shape index (κ3) is 5.61. The number of aryl methyl sites for hydroxylation is 1. The highest BCUT2D eigenvalue weighted by molar-refractivity contribution is 5.85. The van der Waals surface area contributed by atoms with Crippen molar-refractivity contribution in [3.05, 3.63) is 65.2 Å². The van der Waals surface area contributed by atoms with E-state index in [2.05, 4.69) is 36.9 Å². The third-order valence-electron chi connectivity index (χ3n) is 5.12. The summed E-state index contributed by atoms with van der Waals surface area (Å²) in [6.07, 6.45) is 0.594. The number of halogens is 2. The summed E-state index contributed by atoms with van der Waals surface area (Å²) < 4.78 is 0. The molecule has 0 saturated carbocycles. The largest absolute Gasteiger partial charge is 0.368 e. The second-order valence-corrected chi connectivity index (χ2v) is 6.83. The van der Waals surface area contributed by atoms with Gasteiger partial charge in [-0.25, -0.2) is 0 Å². The van der Waals surface area contributed by atoms with Gasteiger partial charge in [0.15, 0.2) is 0 Å². The summed E-state index contributed by atoms with van der Waals surface area (Å²) >= 11 is 0. The van der Waals surface area contributed by atoms with Gasteiger partial charge in [0.25, 0.3) is 0 Å². The number of carbonyl (C=O) groups is 1. The summed E-state index contributed by atoms with van der Waals surface area (Å²) in [4.78, 5) is 16.9. The fourth-order valence-corrected chi connectivity index (χ4v) is 3.44. The molecule has 2 N–H and O–H groups in total. The number of nitrogens with zero attached hydrogens (tertiary/aromatic N) is 2. The molecule has 1 heterocycles. The van der Waals surface area contributed by atoms with Gasteiger partial charge in [0.1, 0.15) is 0 Å². The number of hydrogen-bond donors (Lipinski definition) is 1. The van der Waals surface area contributed by atoms with Crippen LogP contribution in [0.25, 0.3) is 0 Å². The molecule has 2 aromatic rings. The van der Waals surface area contributed by atoms with E-state index in [1.807, 2.05) is 35.2 Å². The number of benzene rings is 2. The standard InChI is InChI=1S/C21H27N3O.2ClH/c1-16-7-6-10-20(17(16)2)23-11-13-24(14-12-23)21(25)19(22)15-18-8-4-3-5-9-18;;/h3-10,19H,11-15,22H2,1-2H3;2*1H/t19-;;/m0../s1. The molecule has 1 atom stereocenters. The van der Waals surface area contributed by atoms with E-state index in [1.54, 1.807) is 0 Å². The van der Waals surface area contributed by atoms with Gasteiger partial charge < -0.3 is 15.5 Å². The molecule has 0 aromatic heterocycles. The van der Waals surface area contributed by atoms with Crippen molar-refractivity contribution in [2.45, 2.75) is 26.3 Å². The lowest BCUT2D eigenvalue weighted by Gasteiger charge is -2.38. The number of hydrogen-bond acceptors (Lipinski definition) is 3. The van der Waals surface area contributed by atoms with Crippen LogP contribution in [0.3, 0.4) is 0 Å². The predicted molar refractivity (Wildman–Crippen MR) is 117 cm³/mol. The second kappa shape index (κ2) is 10.5. The quantitative estimate of drug-likeness (QED) is 0.841. The van der Waals surface area contributed by atoms with Gasteiger partial charge in [-0.2, -0.15) is 0 Å². The normalized spacial score (nSPS) is 14.8. The van der Waals surface area contributed by atoms with Crippen LogP contribution in [0.5, 0.6) is 0 Å². The molecule has 4 nitrogen and oxygen atoms in total.